The molecule has 4 heteroatoms. The smallest absolute Gasteiger partial charge is 0.0738 e. The molecule has 0 saturated carbocycles. The lowest BCUT2D eigenvalue weighted by Gasteiger charge is -2.11. The van der Waals surface area contributed by atoms with Crippen molar-refractivity contribution in [2.45, 2.75) is 25.8 Å². The highest BCUT2D eigenvalue weighted by molar-refractivity contribution is 9.10. The Labute approximate surface area is 115 Å². The Morgan fingerprint density at radius 3 is 2.89 bits per heavy atom. The Morgan fingerprint density at radius 2 is 2.22 bits per heavy atom. The third-order valence-electron chi connectivity index (χ3n) is 3.54. The molecule has 0 fully saturated rings. The third-order valence-corrected chi connectivity index (χ3v) is 4.58. The van der Waals surface area contributed by atoms with Gasteiger partial charge in [-0.15, -0.1) is 0 Å². The summed E-state index contributed by atoms with van der Waals surface area (Å²) >= 11 is 3.63. The average Bonchev–Trinajstić information content (AvgIpc) is 2.86. The van der Waals surface area contributed by atoms with Crippen molar-refractivity contribution in [2.24, 2.45) is 7.05 Å². The van der Waals surface area contributed by atoms with Gasteiger partial charge < -0.3 is 5.32 Å². The summed E-state index contributed by atoms with van der Waals surface area (Å²) in [7, 11) is 2.01. The van der Waals surface area contributed by atoms with Gasteiger partial charge in [-0.1, -0.05) is 18.2 Å². The van der Waals surface area contributed by atoms with Crippen LogP contribution in [0.4, 0.5) is 5.69 Å². The zero-order valence-electron chi connectivity index (χ0n) is 10.6. The number of para-hydroxylation sites is 1. The molecule has 2 heterocycles. The molecule has 94 valence electrons. The predicted molar refractivity (Wildman–Crippen MR) is 76.9 cm³/mol. The van der Waals surface area contributed by atoms with Gasteiger partial charge in [0, 0.05) is 25.2 Å². The molecule has 3 nitrogen and oxygen atoms in total. The topological polar surface area (TPSA) is 29.9 Å². The van der Waals surface area contributed by atoms with Gasteiger partial charge in [-0.25, -0.2) is 0 Å². The van der Waals surface area contributed by atoms with Crippen molar-refractivity contribution in [3.05, 3.63) is 45.7 Å². The fraction of sp³-hybridized carbons (Fsp3) is 0.357. The normalized spacial score (nSPS) is 17.6. The number of halogens is 1. The van der Waals surface area contributed by atoms with E-state index in [1.54, 1.807) is 0 Å². The van der Waals surface area contributed by atoms with E-state index in [0.717, 1.165) is 23.0 Å². The molecule has 0 radical (unpaired) electrons. The van der Waals surface area contributed by atoms with Crippen molar-refractivity contribution in [3.8, 4) is 0 Å². The van der Waals surface area contributed by atoms with Crippen molar-refractivity contribution in [3.63, 3.8) is 0 Å². The second kappa shape index (κ2) is 4.43. The van der Waals surface area contributed by atoms with E-state index in [1.165, 1.54) is 16.9 Å². The molecule has 1 aromatic carbocycles. The van der Waals surface area contributed by atoms with E-state index in [2.05, 4.69) is 50.6 Å². The molecule has 1 unspecified atom stereocenters. The first-order valence-corrected chi connectivity index (χ1v) is 6.97. The van der Waals surface area contributed by atoms with Gasteiger partial charge in [0.15, 0.2) is 0 Å². The van der Waals surface area contributed by atoms with Gasteiger partial charge in [0.25, 0.3) is 0 Å². The standard InChI is InChI=1S/C14H16BrN3/c1-9-14(15)13(18(2)17-9)8-11-7-10-5-3-4-6-12(10)16-11/h3-6,11,16H,7-8H2,1-2H3. The second-order valence-corrected chi connectivity index (χ2v) is 5.67. The van der Waals surface area contributed by atoms with Crippen molar-refractivity contribution in [1.29, 1.82) is 0 Å². The summed E-state index contributed by atoms with van der Waals surface area (Å²) in [5.74, 6) is 0. The number of aryl methyl sites for hydroxylation is 2. The minimum absolute atomic E-state index is 0.466. The van der Waals surface area contributed by atoms with Crippen LogP contribution in [0.3, 0.4) is 0 Å². The van der Waals surface area contributed by atoms with Gasteiger partial charge in [-0.2, -0.15) is 5.10 Å². The molecule has 18 heavy (non-hydrogen) atoms. The van der Waals surface area contributed by atoms with Crippen molar-refractivity contribution in [2.75, 3.05) is 5.32 Å². The summed E-state index contributed by atoms with van der Waals surface area (Å²) in [4.78, 5) is 0. The van der Waals surface area contributed by atoms with E-state index in [9.17, 15) is 0 Å². The summed E-state index contributed by atoms with van der Waals surface area (Å²) in [5.41, 5.74) is 5.01. The zero-order chi connectivity index (χ0) is 12.7. The van der Waals surface area contributed by atoms with Crippen LogP contribution in [0.25, 0.3) is 0 Å². The zero-order valence-corrected chi connectivity index (χ0v) is 12.2. The Kier molecular flexibility index (Phi) is 2.90. The maximum absolute atomic E-state index is 4.44. The van der Waals surface area contributed by atoms with E-state index < -0.39 is 0 Å². The number of fused-ring (bicyclic) bond motifs is 1. The van der Waals surface area contributed by atoms with Gasteiger partial charge in [0.05, 0.1) is 15.9 Å². The fourth-order valence-electron chi connectivity index (χ4n) is 2.63. The first-order chi connectivity index (χ1) is 8.65. The quantitative estimate of drug-likeness (QED) is 0.924. The highest BCUT2D eigenvalue weighted by Gasteiger charge is 2.23. The first-order valence-electron chi connectivity index (χ1n) is 6.17. The molecule has 0 aliphatic carbocycles. The highest BCUT2D eigenvalue weighted by Crippen LogP contribution is 2.29. The number of anilines is 1. The maximum Gasteiger partial charge on any atom is 0.0738 e. The van der Waals surface area contributed by atoms with Crippen LogP contribution < -0.4 is 5.32 Å². The van der Waals surface area contributed by atoms with Crippen LogP contribution in [0.5, 0.6) is 0 Å². The lowest BCUT2D eigenvalue weighted by molar-refractivity contribution is 0.652. The van der Waals surface area contributed by atoms with Crippen LogP contribution in [-0.2, 0) is 19.9 Å². The molecule has 1 aromatic heterocycles. The summed E-state index contributed by atoms with van der Waals surface area (Å²) < 4.78 is 3.12. The lowest BCUT2D eigenvalue weighted by Crippen LogP contribution is -2.20. The SMILES string of the molecule is Cc1nn(C)c(CC2Cc3ccccc3N2)c1Br. The Balaban J connectivity index is 1.80. The predicted octanol–water partition coefficient (Wildman–Crippen LogP) is 3.07. The number of nitrogens with zero attached hydrogens (tertiary/aromatic N) is 2. The number of hydrogen-bond acceptors (Lipinski definition) is 2. The summed E-state index contributed by atoms with van der Waals surface area (Å²) in [6.45, 7) is 2.03. The van der Waals surface area contributed by atoms with E-state index in [0.29, 0.717) is 6.04 Å². The van der Waals surface area contributed by atoms with Crippen molar-refractivity contribution in [1.82, 2.24) is 9.78 Å². The van der Waals surface area contributed by atoms with Crippen molar-refractivity contribution >= 4 is 21.6 Å². The summed E-state index contributed by atoms with van der Waals surface area (Å²) in [6, 6.07) is 9.00. The van der Waals surface area contributed by atoms with Gasteiger partial charge in [-0.05, 0) is 40.9 Å². The minimum Gasteiger partial charge on any atom is -0.381 e. The van der Waals surface area contributed by atoms with Gasteiger partial charge in [0.2, 0.25) is 0 Å². The first kappa shape index (κ1) is 11.8. The molecule has 1 aliphatic rings. The maximum atomic E-state index is 4.44. The fourth-order valence-corrected chi connectivity index (χ4v) is 3.13. The van der Waals surface area contributed by atoms with Crippen LogP contribution in [0, 0.1) is 6.92 Å². The number of aromatic nitrogens is 2. The Hall–Kier alpha value is -1.29. The van der Waals surface area contributed by atoms with Gasteiger partial charge in [-0.3, -0.25) is 4.68 Å². The van der Waals surface area contributed by atoms with Crippen LogP contribution in [0.2, 0.25) is 0 Å². The molecular formula is C14H16BrN3. The van der Waals surface area contributed by atoms with E-state index in [4.69, 9.17) is 0 Å². The molecule has 0 amide bonds. The van der Waals surface area contributed by atoms with E-state index in [-0.39, 0.29) is 0 Å². The monoisotopic (exact) mass is 305 g/mol. The molecular weight excluding hydrogens is 290 g/mol. The largest absolute Gasteiger partial charge is 0.381 e. The molecule has 0 saturated heterocycles. The van der Waals surface area contributed by atoms with E-state index in [1.807, 2.05) is 18.7 Å². The number of hydrogen-bond donors (Lipinski definition) is 1. The van der Waals surface area contributed by atoms with E-state index >= 15 is 0 Å². The van der Waals surface area contributed by atoms with Crippen molar-refractivity contribution < 1.29 is 0 Å². The Morgan fingerprint density at radius 1 is 1.44 bits per heavy atom. The van der Waals surface area contributed by atoms with Crippen LogP contribution in [0.1, 0.15) is 17.0 Å². The van der Waals surface area contributed by atoms with Gasteiger partial charge in [0.1, 0.15) is 0 Å². The lowest BCUT2D eigenvalue weighted by atomic mass is 10.1. The van der Waals surface area contributed by atoms with Crippen LogP contribution in [0.15, 0.2) is 28.7 Å². The number of rotatable bonds is 2. The average molecular weight is 306 g/mol. The molecule has 1 aliphatic heterocycles. The number of benzene rings is 1. The molecule has 0 bridgehead atoms. The highest BCUT2D eigenvalue weighted by atomic mass is 79.9. The Bertz CT molecular complexity index is 564. The molecule has 2 aromatic rings. The summed E-state index contributed by atoms with van der Waals surface area (Å²) in [6.07, 6.45) is 2.08. The molecule has 1 N–H and O–H groups in total. The molecule has 1 atom stereocenters. The molecule has 0 spiro atoms. The molecule has 3 rings (SSSR count). The minimum atomic E-state index is 0.466. The van der Waals surface area contributed by atoms with Crippen LogP contribution in [-0.4, -0.2) is 15.8 Å². The second-order valence-electron chi connectivity index (χ2n) is 4.88. The number of nitrogens with one attached hydrogen (secondary N) is 1. The third kappa shape index (κ3) is 1.94. The van der Waals surface area contributed by atoms with Crippen LogP contribution >= 0.6 is 15.9 Å². The van der Waals surface area contributed by atoms with Gasteiger partial charge >= 0.3 is 0 Å². The summed E-state index contributed by atoms with van der Waals surface area (Å²) in [5, 5.41) is 8.03.